The predicted molar refractivity (Wildman–Crippen MR) is 104 cm³/mol. The van der Waals surface area contributed by atoms with Crippen LogP contribution in [0.5, 0.6) is 5.75 Å². The number of hydrogen-bond donors (Lipinski definition) is 1. The van der Waals surface area contributed by atoms with Crippen LogP contribution in [0.4, 0.5) is 15.2 Å². The number of nitrogens with zero attached hydrogens (tertiary/aromatic N) is 2. The molecule has 0 spiro atoms. The quantitative estimate of drug-likeness (QED) is 0.718. The van der Waals surface area contributed by atoms with Gasteiger partial charge < -0.3 is 9.64 Å². The maximum absolute atomic E-state index is 13.0. The van der Waals surface area contributed by atoms with Crippen LogP contribution in [0.3, 0.4) is 0 Å². The first-order valence-corrected chi connectivity index (χ1v) is 10.5. The number of aromatic nitrogens is 1. The highest BCUT2D eigenvalue weighted by atomic mass is 32.2. The van der Waals surface area contributed by atoms with Gasteiger partial charge in [-0.1, -0.05) is 0 Å². The van der Waals surface area contributed by atoms with Gasteiger partial charge in [0.2, 0.25) is 0 Å². The minimum absolute atomic E-state index is 0.136. The lowest BCUT2D eigenvalue weighted by Crippen LogP contribution is -2.29. The number of rotatable bonds is 4. The summed E-state index contributed by atoms with van der Waals surface area (Å²) in [6.07, 6.45) is 0. The Labute approximate surface area is 160 Å². The fourth-order valence-electron chi connectivity index (χ4n) is 2.75. The molecule has 0 fully saturated rings. The molecule has 1 N–H and O–H groups in total. The monoisotopic (exact) mass is 405 g/mol. The first kappa shape index (κ1) is 17.7. The van der Waals surface area contributed by atoms with Gasteiger partial charge in [0.25, 0.3) is 10.0 Å². The smallest absolute Gasteiger partial charge is 0.263 e. The van der Waals surface area contributed by atoms with Crippen LogP contribution in [0.15, 0.2) is 52.7 Å². The van der Waals surface area contributed by atoms with Crippen LogP contribution in [0.2, 0.25) is 0 Å². The van der Waals surface area contributed by atoms with Crippen molar-refractivity contribution in [3.63, 3.8) is 0 Å². The topological polar surface area (TPSA) is 71.5 Å². The standard InChI is InChI=1S/C18H16FN3O3S2/c1-22-8-9-25-17-7-6-14(10-16(17)22)27(23,24)21-18-20-15(11-26-18)12-2-4-13(19)5-3-12/h2-7,10-11H,8-9H2,1H3,(H,20,21). The number of likely N-dealkylation sites (N-methyl/N-ethyl adjacent to an activating group) is 1. The summed E-state index contributed by atoms with van der Waals surface area (Å²) in [5.41, 5.74) is 2.03. The van der Waals surface area contributed by atoms with Crippen LogP contribution in [0, 0.1) is 5.82 Å². The zero-order chi connectivity index (χ0) is 19.0. The molecule has 140 valence electrons. The third kappa shape index (κ3) is 3.60. The van der Waals surface area contributed by atoms with Crippen LogP contribution >= 0.6 is 11.3 Å². The van der Waals surface area contributed by atoms with E-state index < -0.39 is 10.0 Å². The first-order chi connectivity index (χ1) is 12.9. The Balaban J connectivity index is 1.59. The van der Waals surface area contributed by atoms with Crippen LogP contribution in [0.25, 0.3) is 11.3 Å². The van der Waals surface area contributed by atoms with E-state index in [0.717, 1.165) is 5.69 Å². The summed E-state index contributed by atoms with van der Waals surface area (Å²) < 4.78 is 46.6. The molecule has 9 heteroatoms. The van der Waals surface area contributed by atoms with E-state index in [2.05, 4.69) is 9.71 Å². The summed E-state index contributed by atoms with van der Waals surface area (Å²) in [4.78, 5) is 6.38. The molecule has 0 unspecified atom stereocenters. The molecular formula is C18H16FN3O3S2. The third-order valence-electron chi connectivity index (χ3n) is 4.20. The number of ether oxygens (including phenoxy) is 1. The van der Waals surface area contributed by atoms with E-state index in [9.17, 15) is 12.8 Å². The Morgan fingerprint density at radius 1 is 1.22 bits per heavy atom. The second-order valence-electron chi connectivity index (χ2n) is 6.05. The van der Waals surface area contributed by atoms with Gasteiger partial charge in [-0.15, -0.1) is 11.3 Å². The summed E-state index contributed by atoms with van der Waals surface area (Å²) in [5, 5.41) is 1.97. The Bertz CT molecular complexity index is 1080. The normalized spacial score (nSPS) is 13.8. The lowest BCUT2D eigenvalue weighted by Gasteiger charge is -2.27. The molecule has 1 aromatic heterocycles. The highest BCUT2D eigenvalue weighted by molar-refractivity contribution is 7.93. The van der Waals surface area contributed by atoms with Crippen molar-refractivity contribution in [2.24, 2.45) is 0 Å². The van der Waals surface area contributed by atoms with E-state index in [4.69, 9.17) is 4.74 Å². The van der Waals surface area contributed by atoms with E-state index in [-0.39, 0.29) is 15.8 Å². The fraction of sp³-hybridized carbons (Fsp3) is 0.167. The van der Waals surface area contributed by atoms with Gasteiger partial charge in [0.15, 0.2) is 5.13 Å². The number of nitrogens with one attached hydrogen (secondary N) is 1. The average Bonchev–Trinajstić information content (AvgIpc) is 3.10. The minimum Gasteiger partial charge on any atom is -0.490 e. The lowest BCUT2D eigenvalue weighted by atomic mass is 10.2. The van der Waals surface area contributed by atoms with Crippen LogP contribution in [-0.2, 0) is 10.0 Å². The summed E-state index contributed by atoms with van der Waals surface area (Å²) >= 11 is 1.17. The Morgan fingerprint density at radius 3 is 2.78 bits per heavy atom. The van der Waals surface area contributed by atoms with E-state index in [1.807, 2.05) is 11.9 Å². The number of halogens is 1. The molecule has 0 saturated carbocycles. The molecule has 0 saturated heterocycles. The second kappa shape index (κ2) is 6.82. The molecule has 0 aliphatic carbocycles. The Morgan fingerprint density at radius 2 is 2.00 bits per heavy atom. The minimum atomic E-state index is -3.79. The van der Waals surface area contributed by atoms with Crippen molar-refractivity contribution in [1.29, 1.82) is 0 Å². The SMILES string of the molecule is CN1CCOc2ccc(S(=O)(=O)Nc3nc(-c4ccc(F)cc4)cs3)cc21. The summed E-state index contributed by atoms with van der Waals surface area (Å²) in [7, 11) is -1.90. The van der Waals surface area contributed by atoms with E-state index in [1.165, 1.54) is 29.5 Å². The van der Waals surface area contributed by atoms with Crippen LogP contribution < -0.4 is 14.4 Å². The molecule has 3 aromatic rings. The molecular weight excluding hydrogens is 389 g/mol. The Hall–Kier alpha value is -2.65. The zero-order valence-corrected chi connectivity index (χ0v) is 16.0. The van der Waals surface area contributed by atoms with Crippen molar-refractivity contribution in [3.05, 3.63) is 53.7 Å². The number of fused-ring (bicyclic) bond motifs is 1. The van der Waals surface area contributed by atoms with Gasteiger partial charge in [0, 0.05) is 18.0 Å². The maximum atomic E-state index is 13.0. The van der Waals surface area contributed by atoms with E-state index in [0.29, 0.717) is 30.2 Å². The number of benzene rings is 2. The van der Waals surface area contributed by atoms with Crippen molar-refractivity contribution >= 4 is 32.2 Å². The summed E-state index contributed by atoms with van der Waals surface area (Å²) in [6, 6.07) is 10.6. The van der Waals surface area contributed by atoms with Crippen molar-refractivity contribution in [3.8, 4) is 17.0 Å². The van der Waals surface area contributed by atoms with Gasteiger partial charge in [-0.3, -0.25) is 4.72 Å². The Kier molecular flexibility index (Phi) is 4.48. The highest BCUT2D eigenvalue weighted by Crippen LogP contribution is 2.34. The second-order valence-corrected chi connectivity index (χ2v) is 8.59. The molecule has 1 aliphatic heterocycles. The van der Waals surface area contributed by atoms with Crippen molar-refractivity contribution in [2.45, 2.75) is 4.90 Å². The van der Waals surface area contributed by atoms with Gasteiger partial charge in [0.05, 0.1) is 22.8 Å². The lowest BCUT2D eigenvalue weighted by molar-refractivity contribution is 0.311. The average molecular weight is 405 g/mol. The molecule has 6 nitrogen and oxygen atoms in total. The van der Waals surface area contributed by atoms with Gasteiger partial charge in [-0.05, 0) is 42.5 Å². The molecule has 0 amide bonds. The van der Waals surface area contributed by atoms with Crippen molar-refractivity contribution in [2.75, 3.05) is 29.8 Å². The molecule has 0 atom stereocenters. The first-order valence-electron chi connectivity index (χ1n) is 8.15. The fourth-order valence-corrected chi connectivity index (χ4v) is 4.74. The number of sulfonamides is 1. The number of anilines is 2. The van der Waals surface area contributed by atoms with Crippen LogP contribution in [-0.4, -0.2) is 33.6 Å². The summed E-state index contributed by atoms with van der Waals surface area (Å²) in [6.45, 7) is 1.26. The third-order valence-corrected chi connectivity index (χ3v) is 6.43. The van der Waals surface area contributed by atoms with Gasteiger partial charge >= 0.3 is 0 Å². The number of hydrogen-bond acceptors (Lipinski definition) is 6. The van der Waals surface area contributed by atoms with Crippen molar-refractivity contribution < 1.29 is 17.5 Å². The number of thiazole rings is 1. The maximum Gasteiger partial charge on any atom is 0.263 e. The van der Waals surface area contributed by atoms with Gasteiger partial charge in [-0.2, -0.15) is 0 Å². The molecule has 0 bridgehead atoms. The van der Waals surface area contributed by atoms with Crippen LogP contribution in [0.1, 0.15) is 0 Å². The molecule has 2 aromatic carbocycles. The highest BCUT2D eigenvalue weighted by Gasteiger charge is 2.22. The molecule has 0 radical (unpaired) electrons. The molecule has 2 heterocycles. The van der Waals surface area contributed by atoms with Gasteiger partial charge in [-0.25, -0.2) is 17.8 Å². The molecule has 1 aliphatic rings. The largest absolute Gasteiger partial charge is 0.490 e. The summed E-state index contributed by atoms with van der Waals surface area (Å²) in [5.74, 6) is 0.326. The van der Waals surface area contributed by atoms with Crippen molar-refractivity contribution in [1.82, 2.24) is 4.98 Å². The molecule has 27 heavy (non-hydrogen) atoms. The van der Waals surface area contributed by atoms with E-state index in [1.54, 1.807) is 29.6 Å². The predicted octanol–water partition coefficient (Wildman–Crippen LogP) is 3.58. The zero-order valence-electron chi connectivity index (χ0n) is 14.3. The van der Waals surface area contributed by atoms with E-state index >= 15 is 0 Å². The molecule has 4 rings (SSSR count). The van der Waals surface area contributed by atoms with Gasteiger partial charge in [0.1, 0.15) is 18.2 Å².